The molecule has 76 valence electrons. The Bertz CT molecular complexity index is 322. The second kappa shape index (κ2) is 4.01. The molecule has 1 aromatic carbocycles. The van der Waals surface area contributed by atoms with Crippen LogP contribution in [-0.2, 0) is 12.8 Å². The van der Waals surface area contributed by atoms with Crippen LogP contribution in [0.4, 0.5) is 0 Å². The summed E-state index contributed by atoms with van der Waals surface area (Å²) in [5.74, 6) is 0.397. The average molecular weight is 191 g/mol. The van der Waals surface area contributed by atoms with E-state index in [9.17, 15) is 5.11 Å². The van der Waals surface area contributed by atoms with Crippen LogP contribution in [0.1, 0.15) is 18.1 Å². The number of phenolic OH excluding ortho intramolecular Hbond substituents is 1. The number of hydrogen-bond donors (Lipinski definition) is 1. The molecule has 14 heavy (non-hydrogen) atoms. The molecule has 1 heterocycles. The summed E-state index contributed by atoms with van der Waals surface area (Å²) < 4.78 is 0. The van der Waals surface area contributed by atoms with Crippen molar-refractivity contribution in [2.24, 2.45) is 0 Å². The summed E-state index contributed by atoms with van der Waals surface area (Å²) in [4.78, 5) is 2.46. The molecule has 1 aromatic rings. The Hall–Kier alpha value is -1.02. The number of benzene rings is 1. The van der Waals surface area contributed by atoms with Gasteiger partial charge < -0.3 is 10.0 Å². The van der Waals surface area contributed by atoms with E-state index < -0.39 is 0 Å². The van der Waals surface area contributed by atoms with Gasteiger partial charge in [-0.15, -0.1) is 0 Å². The van der Waals surface area contributed by atoms with E-state index in [1.807, 2.05) is 6.07 Å². The van der Waals surface area contributed by atoms with E-state index >= 15 is 0 Å². The first-order valence-corrected chi connectivity index (χ1v) is 5.32. The number of fused-ring (bicyclic) bond motifs is 1. The summed E-state index contributed by atoms with van der Waals surface area (Å²) in [5.41, 5.74) is 2.72. The number of nitrogens with zero attached hydrogens (tertiary/aromatic N) is 1. The molecule has 1 N–H and O–H groups in total. The molecule has 0 fully saturated rings. The molecule has 0 unspecified atom stereocenters. The molecule has 2 nitrogen and oxygen atoms in total. The van der Waals surface area contributed by atoms with E-state index in [-0.39, 0.29) is 0 Å². The molecule has 0 amide bonds. The Labute approximate surface area is 85.2 Å². The molecule has 0 radical (unpaired) electrons. The van der Waals surface area contributed by atoms with Crippen LogP contribution in [0, 0.1) is 0 Å². The zero-order valence-corrected chi connectivity index (χ0v) is 8.66. The molecular formula is C12H17NO. The number of aromatic hydroxyl groups is 1. The summed E-state index contributed by atoms with van der Waals surface area (Å²) in [5, 5.41) is 9.39. The molecule has 1 aliphatic heterocycles. The van der Waals surface area contributed by atoms with Gasteiger partial charge in [0.15, 0.2) is 0 Å². The normalized spacial score (nSPS) is 17.5. The predicted octanol–water partition coefficient (Wildman–Crippen LogP) is 1.81. The third-order valence-corrected chi connectivity index (χ3v) is 3.03. The molecule has 2 rings (SSSR count). The van der Waals surface area contributed by atoms with E-state index in [2.05, 4.69) is 17.9 Å². The minimum Gasteiger partial charge on any atom is -0.508 e. The van der Waals surface area contributed by atoms with E-state index in [1.54, 1.807) is 6.07 Å². The van der Waals surface area contributed by atoms with Crippen molar-refractivity contribution in [3.05, 3.63) is 29.3 Å². The van der Waals surface area contributed by atoms with Crippen molar-refractivity contribution in [1.82, 2.24) is 4.90 Å². The van der Waals surface area contributed by atoms with Crippen molar-refractivity contribution in [3.8, 4) is 5.75 Å². The molecule has 0 spiro atoms. The molecular weight excluding hydrogens is 174 g/mol. The molecule has 0 atom stereocenters. The Balaban J connectivity index is 2.21. The first-order chi connectivity index (χ1) is 6.79. The minimum atomic E-state index is 0.397. The fraction of sp³-hybridized carbons (Fsp3) is 0.500. The largest absolute Gasteiger partial charge is 0.508 e. The quantitative estimate of drug-likeness (QED) is 0.732. The van der Waals surface area contributed by atoms with Gasteiger partial charge in [-0.05, 0) is 42.6 Å². The summed E-state index contributed by atoms with van der Waals surface area (Å²) in [7, 11) is 0. The van der Waals surface area contributed by atoms with E-state index in [0.717, 1.165) is 32.5 Å². The second-order valence-corrected chi connectivity index (χ2v) is 3.89. The highest BCUT2D eigenvalue weighted by molar-refractivity contribution is 5.35. The number of phenols is 1. The number of hydrogen-bond acceptors (Lipinski definition) is 2. The van der Waals surface area contributed by atoms with Gasteiger partial charge in [0.05, 0.1) is 0 Å². The second-order valence-electron chi connectivity index (χ2n) is 3.89. The van der Waals surface area contributed by atoms with Gasteiger partial charge in [-0.2, -0.15) is 0 Å². The summed E-state index contributed by atoms with van der Waals surface area (Å²) >= 11 is 0. The Morgan fingerprint density at radius 1 is 1.21 bits per heavy atom. The van der Waals surface area contributed by atoms with Crippen molar-refractivity contribution in [1.29, 1.82) is 0 Å². The van der Waals surface area contributed by atoms with Gasteiger partial charge >= 0.3 is 0 Å². The lowest BCUT2D eigenvalue weighted by Crippen LogP contribution is -2.25. The lowest BCUT2D eigenvalue weighted by molar-refractivity contribution is 0.303. The topological polar surface area (TPSA) is 23.5 Å². The van der Waals surface area contributed by atoms with Crippen LogP contribution in [0.5, 0.6) is 5.75 Å². The number of likely N-dealkylation sites (N-methyl/N-ethyl adjacent to an activating group) is 1. The third kappa shape index (κ3) is 1.90. The SMILES string of the molecule is CCN1CCc2ccc(O)cc2CC1. The van der Waals surface area contributed by atoms with E-state index in [4.69, 9.17) is 0 Å². The maximum atomic E-state index is 9.39. The van der Waals surface area contributed by atoms with Gasteiger partial charge in [0.1, 0.15) is 5.75 Å². The van der Waals surface area contributed by atoms with Gasteiger partial charge in [-0.25, -0.2) is 0 Å². The van der Waals surface area contributed by atoms with Crippen molar-refractivity contribution in [2.45, 2.75) is 19.8 Å². The summed E-state index contributed by atoms with van der Waals surface area (Å²) in [6, 6.07) is 5.76. The van der Waals surface area contributed by atoms with Gasteiger partial charge in [0.2, 0.25) is 0 Å². The van der Waals surface area contributed by atoms with Crippen LogP contribution < -0.4 is 0 Å². The van der Waals surface area contributed by atoms with Crippen LogP contribution in [-0.4, -0.2) is 29.6 Å². The highest BCUT2D eigenvalue weighted by Gasteiger charge is 2.12. The molecule has 0 aliphatic carbocycles. The van der Waals surface area contributed by atoms with Crippen molar-refractivity contribution in [2.75, 3.05) is 19.6 Å². The monoisotopic (exact) mass is 191 g/mol. The lowest BCUT2D eigenvalue weighted by Gasteiger charge is -2.16. The first kappa shape index (κ1) is 9.53. The minimum absolute atomic E-state index is 0.397. The van der Waals surface area contributed by atoms with Gasteiger partial charge in [0.25, 0.3) is 0 Å². The number of rotatable bonds is 1. The molecule has 0 aromatic heterocycles. The Morgan fingerprint density at radius 2 is 1.93 bits per heavy atom. The van der Waals surface area contributed by atoms with Crippen LogP contribution >= 0.6 is 0 Å². The zero-order valence-electron chi connectivity index (χ0n) is 8.66. The maximum absolute atomic E-state index is 9.39. The fourth-order valence-corrected chi connectivity index (χ4v) is 2.07. The van der Waals surface area contributed by atoms with Crippen LogP contribution in [0.25, 0.3) is 0 Å². The van der Waals surface area contributed by atoms with E-state index in [1.165, 1.54) is 11.1 Å². The first-order valence-electron chi connectivity index (χ1n) is 5.32. The highest BCUT2D eigenvalue weighted by atomic mass is 16.3. The smallest absolute Gasteiger partial charge is 0.115 e. The molecule has 1 aliphatic rings. The standard InChI is InChI=1S/C12H17NO/c1-2-13-7-5-10-3-4-12(14)9-11(10)6-8-13/h3-4,9,14H,2,5-8H2,1H3. The highest BCUT2D eigenvalue weighted by Crippen LogP contribution is 2.20. The third-order valence-electron chi connectivity index (χ3n) is 3.03. The molecule has 2 heteroatoms. The van der Waals surface area contributed by atoms with Gasteiger partial charge in [-0.3, -0.25) is 0 Å². The van der Waals surface area contributed by atoms with Crippen molar-refractivity contribution in [3.63, 3.8) is 0 Å². The summed E-state index contributed by atoms with van der Waals surface area (Å²) in [6.45, 7) is 5.59. The Kier molecular flexibility index (Phi) is 2.73. The summed E-state index contributed by atoms with van der Waals surface area (Å²) in [6.07, 6.45) is 2.18. The average Bonchev–Trinajstić information content (AvgIpc) is 2.39. The van der Waals surface area contributed by atoms with Crippen molar-refractivity contribution >= 4 is 0 Å². The Morgan fingerprint density at radius 3 is 2.64 bits per heavy atom. The van der Waals surface area contributed by atoms with Gasteiger partial charge in [-0.1, -0.05) is 13.0 Å². The van der Waals surface area contributed by atoms with Crippen LogP contribution in [0.2, 0.25) is 0 Å². The fourth-order valence-electron chi connectivity index (χ4n) is 2.07. The lowest BCUT2D eigenvalue weighted by atomic mass is 10.0. The maximum Gasteiger partial charge on any atom is 0.115 e. The van der Waals surface area contributed by atoms with Gasteiger partial charge in [0, 0.05) is 13.1 Å². The van der Waals surface area contributed by atoms with E-state index in [0.29, 0.717) is 5.75 Å². The molecule has 0 saturated carbocycles. The van der Waals surface area contributed by atoms with Crippen LogP contribution in [0.3, 0.4) is 0 Å². The predicted molar refractivity (Wildman–Crippen MR) is 57.6 cm³/mol. The molecule has 0 bridgehead atoms. The molecule has 0 saturated heterocycles. The van der Waals surface area contributed by atoms with Crippen LogP contribution in [0.15, 0.2) is 18.2 Å². The van der Waals surface area contributed by atoms with Crippen molar-refractivity contribution < 1.29 is 5.11 Å². The zero-order chi connectivity index (χ0) is 9.97.